The van der Waals surface area contributed by atoms with Crippen molar-refractivity contribution >= 4 is 34.6 Å². The fourth-order valence-electron chi connectivity index (χ4n) is 4.42. The number of hydrogen-bond donors (Lipinski definition) is 0. The Balaban J connectivity index is 2.64. The van der Waals surface area contributed by atoms with Crippen LogP contribution in [0.5, 0.6) is 0 Å². The van der Waals surface area contributed by atoms with E-state index in [1.165, 1.54) is 11.4 Å². The summed E-state index contributed by atoms with van der Waals surface area (Å²) < 4.78 is 0. The van der Waals surface area contributed by atoms with Crippen molar-refractivity contribution in [1.29, 1.82) is 0 Å². The molecule has 0 fully saturated rings. The van der Waals surface area contributed by atoms with Crippen molar-refractivity contribution < 1.29 is 0 Å². The van der Waals surface area contributed by atoms with Gasteiger partial charge < -0.3 is 0 Å². The highest BCUT2D eigenvalue weighted by atomic mass is 35.6. The summed E-state index contributed by atoms with van der Waals surface area (Å²) in [5, 5.41) is 0.781. The molecule has 0 saturated carbocycles. The molecule has 6 heteroatoms. The molecule has 2 nitrogen and oxygen atoms in total. The van der Waals surface area contributed by atoms with E-state index < -0.39 is 23.5 Å². The highest BCUT2D eigenvalue weighted by molar-refractivity contribution is 7.29. The third kappa shape index (κ3) is 4.70. The number of hydrogen-bond acceptors (Lipinski definition) is 2. The molecule has 0 aromatic carbocycles. The Labute approximate surface area is 160 Å². The molecule has 0 spiro atoms. The van der Waals surface area contributed by atoms with E-state index in [1.807, 2.05) is 24.5 Å². The first-order chi connectivity index (χ1) is 11.5. The summed E-state index contributed by atoms with van der Waals surface area (Å²) in [4.78, 5) is 9.50. The summed E-state index contributed by atoms with van der Waals surface area (Å²) in [5.74, 6) is 0. The average Bonchev–Trinajstić information content (AvgIpc) is 2.45. The molecule has 0 N–H and O–H groups in total. The van der Waals surface area contributed by atoms with Gasteiger partial charge in [0.1, 0.15) is 0 Å². The molecule has 0 radical (unpaired) electrons. The summed E-state index contributed by atoms with van der Waals surface area (Å²) in [7, 11) is -5.40. The smallest absolute Gasteiger partial charge is 0.166 e. The predicted molar refractivity (Wildman–Crippen MR) is 118 cm³/mol. The molecule has 0 saturated heterocycles. The standard InChI is InChI=1S/C19H31ClN2Si3/c1-23(2,3)18(16-12-8-10-14-21-16)25(7,20)19(24(4,5)6)17-13-9-11-15-22-17/h8-15,18-19H,1-7H3/t18-,19+,25?. The van der Waals surface area contributed by atoms with E-state index in [0.29, 0.717) is 10.3 Å². The van der Waals surface area contributed by atoms with E-state index >= 15 is 0 Å². The Morgan fingerprint density at radius 1 is 0.680 bits per heavy atom. The van der Waals surface area contributed by atoms with E-state index in [0.717, 1.165) is 0 Å². The van der Waals surface area contributed by atoms with Gasteiger partial charge in [0.15, 0.2) is 7.38 Å². The van der Waals surface area contributed by atoms with Gasteiger partial charge in [-0.1, -0.05) is 58.0 Å². The fourth-order valence-corrected chi connectivity index (χ4v) is 30.0. The second-order valence-corrected chi connectivity index (χ2v) is 26.9. The van der Waals surface area contributed by atoms with Gasteiger partial charge in [-0.05, 0) is 24.3 Å². The molecule has 2 aromatic rings. The summed E-state index contributed by atoms with van der Waals surface area (Å²) in [5.41, 5.74) is 2.37. The minimum atomic E-state index is -2.24. The molecule has 2 rings (SSSR count). The van der Waals surface area contributed by atoms with E-state index in [2.05, 4.69) is 70.1 Å². The van der Waals surface area contributed by atoms with E-state index in [4.69, 9.17) is 21.0 Å². The topological polar surface area (TPSA) is 25.8 Å². The van der Waals surface area contributed by atoms with E-state index in [9.17, 15) is 0 Å². The van der Waals surface area contributed by atoms with E-state index in [1.54, 1.807) is 0 Å². The molecular formula is C19H31ClN2Si3. The molecule has 2 aromatic heterocycles. The van der Waals surface area contributed by atoms with Crippen LogP contribution in [0.4, 0.5) is 0 Å². The molecule has 0 aliphatic heterocycles. The van der Waals surface area contributed by atoms with Crippen LogP contribution in [-0.4, -0.2) is 33.5 Å². The molecule has 0 amide bonds. The fraction of sp³-hybridized carbons (Fsp3) is 0.474. The van der Waals surface area contributed by atoms with Crippen LogP contribution in [0, 0.1) is 0 Å². The van der Waals surface area contributed by atoms with Crippen molar-refractivity contribution in [2.75, 3.05) is 0 Å². The van der Waals surface area contributed by atoms with Gasteiger partial charge in [-0.3, -0.25) is 9.97 Å². The molecule has 0 bridgehead atoms. The monoisotopic (exact) mass is 406 g/mol. The van der Waals surface area contributed by atoms with Crippen LogP contribution in [0.15, 0.2) is 48.8 Å². The lowest BCUT2D eigenvalue weighted by molar-refractivity contribution is 1.01. The average molecular weight is 407 g/mol. The van der Waals surface area contributed by atoms with Crippen LogP contribution < -0.4 is 0 Å². The first-order valence-electron chi connectivity index (χ1n) is 8.96. The molecule has 1 unspecified atom stereocenters. The first kappa shape index (κ1) is 20.6. The molecule has 136 valence electrons. The van der Waals surface area contributed by atoms with Crippen molar-refractivity contribution in [3.63, 3.8) is 0 Å². The first-order valence-corrected chi connectivity index (χ1v) is 19.8. The SMILES string of the molecule is C[Si](C)(C)[C@@H](c1ccccn1)[Si](C)(Cl)[C@@H](c1ccccn1)[Si](C)(C)C. The van der Waals surface area contributed by atoms with Crippen LogP contribution in [0.25, 0.3) is 0 Å². The van der Waals surface area contributed by atoms with Crippen molar-refractivity contribution in [2.45, 2.75) is 56.2 Å². The summed E-state index contributed by atoms with van der Waals surface area (Å²) >= 11 is 7.63. The number of halogens is 1. The number of nitrogens with zero attached hydrogens (tertiary/aromatic N) is 2. The number of pyridine rings is 2. The largest absolute Gasteiger partial charge is 0.262 e. The third-order valence-electron chi connectivity index (χ3n) is 4.83. The zero-order chi connectivity index (χ0) is 18.9. The van der Waals surface area contributed by atoms with Crippen LogP contribution in [-0.2, 0) is 0 Å². The molecular weight excluding hydrogens is 376 g/mol. The molecule has 0 aliphatic rings. The normalized spacial score (nSPS) is 15.7. The zero-order valence-electron chi connectivity index (χ0n) is 16.5. The maximum Gasteiger partial charge on any atom is 0.166 e. The predicted octanol–water partition coefficient (Wildman–Crippen LogP) is 5.99. The summed E-state index contributed by atoms with van der Waals surface area (Å²) in [6.45, 7) is 16.9. The molecule has 2 heterocycles. The minimum Gasteiger partial charge on any atom is -0.262 e. The number of rotatable bonds is 6. The van der Waals surface area contributed by atoms with Gasteiger partial charge in [-0.25, -0.2) is 0 Å². The molecule has 3 atom stereocenters. The Bertz CT molecular complexity index is 620. The highest BCUT2D eigenvalue weighted by Crippen LogP contribution is 2.47. The zero-order valence-corrected chi connectivity index (χ0v) is 20.3. The van der Waals surface area contributed by atoms with Crippen LogP contribution >= 0.6 is 11.1 Å². The van der Waals surface area contributed by atoms with Gasteiger partial charge in [0.05, 0.1) is 16.1 Å². The van der Waals surface area contributed by atoms with Crippen LogP contribution in [0.3, 0.4) is 0 Å². The maximum absolute atomic E-state index is 7.63. The van der Waals surface area contributed by atoms with Crippen molar-refractivity contribution in [3.8, 4) is 0 Å². The van der Waals surface area contributed by atoms with Crippen molar-refractivity contribution in [1.82, 2.24) is 9.97 Å². The molecule has 25 heavy (non-hydrogen) atoms. The van der Waals surface area contributed by atoms with Gasteiger partial charge in [0.2, 0.25) is 0 Å². The van der Waals surface area contributed by atoms with Gasteiger partial charge in [-0.15, -0.1) is 0 Å². The van der Waals surface area contributed by atoms with E-state index in [-0.39, 0.29) is 0 Å². The third-order valence-corrected chi connectivity index (χ3v) is 22.9. The Kier molecular flexibility index (Phi) is 6.14. The quantitative estimate of drug-likeness (QED) is 0.434. The maximum atomic E-state index is 7.63. The Hall–Kier alpha value is -0.759. The lowest BCUT2D eigenvalue weighted by Crippen LogP contribution is -2.57. The Morgan fingerprint density at radius 2 is 1.04 bits per heavy atom. The van der Waals surface area contributed by atoms with Gasteiger partial charge >= 0.3 is 0 Å². The Morgan fingerprint density at radius 3 is 1.28 bits per heavy atom. The lowest BCUT2D eigenvalue weighted by atomic mass is 10.4. The second-order valence-electron chi connectivity index (χ2n) is 9.26. The minimum absolute atomic E-state index is 0.390. The second kappa shape index (κ2) is 7.47. The highest BCUT2D eigenvalue weighted by Gasteiger charge is 2.54. The van der Waals surface area contributed by atoms with Gasteiger partial charge in [0.25, 0.3) is 0 Å². The van der Waals surface area contributed by atoms with Crippen molar-refractivity contribution in [2.24, 2.45) is 0 Å². The van der Waals surface area contributed by atoms with Gasteiger partial charge in [0, 0.05) is 34.1 Å². The summed E-state index contributed by atoms with van der Waals surface area (Å²) in [6.07, 6.45) is 3.82. The van der Waals surface area contributed by atoms with Crippen molar-refractivity contribution in [3.05, 3.63) is 60.2 Å². The molecule has 0 aliphatic carbocycles. The lowest BCUT2D eigenvalue weighted by Gasteiger charge is -2.46. The van der Waals surface area contributed by atoms with Crippen LogP contribution in [0.2, 0.25) is 45.8 Å². The van der Waals surface area contributed by atoms with Gasteiger partial charge in [-0.2, -0.15) is 11.1 Å². The number of aromatic nitrogens is 2. The van der Waals surface area contributed by atoms with Crippen LogP contribution in [0.1, 0.15) is 21.7 Å². The summed E-state index contributed by atoms with van der Waals surface area (Å²) in [6, 6.07) is 12.5.